The van der Waals surface area contributed by atoms with Gasteiger partial charge in [-0.3, -0.25) is 4.98 Å². The van der Waals surface area contributed by atoms with Crippen molar-refractivity contribution >= 4 is 5.82 Å². The summed E-state index contributed by atoms with van der Waals surface area (Å²) in [5.74, 6) is 1.80. The van der Waals surface area contributed by atoms with E-state index >= 15 is 0 Å². The summed E-state index contributed by atoms with van der Waals surface area (Å²) in [7, 11) is 1.98. The first-order valence-corrected chi connectivity index (χ1v) is 5.30. The quantitative estimate of drug-likeness (QED) is 0.837. The van der Waals surface area contributed by atoms with Crippen molar-refractivity contribution in [2.24, 2.45) is 7.05 Å². The monoisotopic (exact) mass is 217 g/mol. The summed E-state index contributed by atoms with van der Waals surface area (Å²) >= 11 is 0. The van der Waals surface area contributed by atoms with Crippen LogP contribution in [0.1, 0.15) is 18.4 Å². The minimum atomic E-state index is 0.704. The Morgan fingerprint density at radius 1 is 1.38 bits per heavy atom. The molecular weight excluding hydrogens is 202 g/mol. The molecule has 0 spiro atoms. The number of anilines is 1. The van der Waals surface area contributed by atoms with E-state index in [4.69, 9.17) is 0 Å². The van der Waals surface area contributed by atoms with Crippen LogP contribution >= 0.6 is 0 Å². The van der Waals surface area contributed by atoms with Gasteiger partial charge in [0.05, 0.1) is 11.9 Å². The van der Waals surface area contributed by atoms with Gasteiger partial charge >= 0.3 is 0 Å². The Morgan fingerprint density at radius 2 is 2.25 bits per heavy atom. The second kappa shape index (κ2) is 4.74. The standard InChI is InChI=1S/C11H15N5/c1-3-13-10-8-12-7-9(15-10)6-11-14-4-5-16(11)2/h4-5,7-8H,3,6H2,1-2H3,(H,13,15). The molecule has 0 radical (unpaired) electrons. The highest BCUT2D eigenvalue weighted by molar-refractivity contribution is 5.31. The Balaban J connectivity index is 2.15. The van der Waals surface area contributed by atoms with E-state index in [1.54, 1.807) is 18.6 Å². The first-order chi connectivity index (χ1) is 7.79. The van der Waals surface area contributed by atoms with Gasteiger partial charge in [0.15, 0.2) is 0 Å². The first kappa shape index (κ1) is 10.6. The normalized spacial score (nSPS) is 10.4. The van der Waals surface area contributed by atoms with Crippen LogP contribution in [0.15, 0.2) is 24.8 Å². The van der Waals surface area contributed by atoms with Crippen LogP contribution in [0.5, 0.6) is 0 Å². The van der Waals surface area contributed by atoms with E-state index in [-0.39, 0.29) is 0 Å². The SMILES string of the molecule is CCNc1cncc(Cc2nccn2C)n1. The lowest BCUT2D eigenvalue weighted by atomic mass is 10.3. The number of imidazole rings is 1. The molecule has 0 saturated carbocycles. The molecule has 16 heavy (non-hydrogen) atoms. The summed E-state index contributed by atoms with van der Waals surface area (Å²) in [6.45, 7) is 2.88. The summed E-state index contributed by atoms with van der Waals surface area (Å²) < 4.78 is 1.99. The van der Waals surface area contributed by atoms with Crippen molar-refractivity contribution in [3.8, 4) is 0 Å². The summed E-state index contributed by atoms with van der Waals surface area (Å²) in [5.41, 5.74) is 0.924. The number of nitrogens with zero attached hydrogens (tertiary/aromatic N) is 4. The van der Waals surface area contributed by atoms with Crippen molar-refractivity contribution in [2.75, 3.05) is 11.9 Å². The minimum absolute atomic E-state index is 0.704. The molecule has 1 N–H and O–H groups in total. The highest BCUT2D eigenvalue weighted by atomic mass is 15.0. The van der Waals surface area contributed by atoms with Gasteiger partial charge in [-0.15, -0.1) is 0 Å². The zero-order chi connectivity index (χ0) is 11.4. The summed E-state index contributed by atoms with van der Waals surface area (Å²) in [6.07, 6.45) is 7.92. The number of aryl methyl sites for hydroxylation is 1. The van der Waals surface area contributed by atoms with Crippen LogP contribution in [0.2, 0.25) is 0 Å². The van der Waals surface area contributed by atoms with Crippen LogP contribution in [0.4, 0.5) is 5.82 Å². The predicted molar refractivity (Wildman–Crippen MR) is 62.2 cm³/mol. The lowest BCUT2D eigenvalue weighted by molar-refractivity contribution is 0.808. The van der Waals surface area contributed by atoms with Crippen LogP contribution in [0.25, 0.3) is 0 Å². The number of aromatic nitrogens is 4. The number of hydrogen-bond donors (Lipinski definition) is 1. The molecule has 2 heterocycles. The van der Waals surface area contributed by atoms with Crippen LogP contribution in [-0.2, 0) is 13.5 Å². The van der Waals surface area contributed by atoms with Gasteiger partial charge in [-0.1, -0.05) is 0 Å². The smallest absolute Gasteiger partial charge is 0.144 e. The van der Waals surface area contributed by atoms with Crippen molar-refractivity contribution in [3.05, 3.63) is 36.3 Å². The molecule has 0 bridgehead atoms. The minimum Gasteiger partial charge on any atom is -0.369 e. The van der Waals surface area contributed by atoms with E-state index in [0.717, 1.165) is 23.9 Å². The zero-order valence-electron chi connectivity index (χ0n) is 9.51. The van der Waals surface area contributed by atoms with Gasteiger partial charge in [0.1, 0.15) is 11.6 Å². The van der Waals surface area contributed by atoms with Gasteiger partial charge in [0.25, 0.3) is 0 Å². The maximum Gasteiger partial charge on any atom is 0.144 e. The number of rotatable bonds is 4. The Hall–Kier alpha value is -1.91. The molecule has 2 aromatic heterocycles. The van der Waals surface area contributed by atoms with Gasteiger partial charge in [0.2, 0.25) is 0 Å². The van der Waals surface area contributed by atoms with Crippen LogP contribution in [-0.4, -0.2) is 26.1 Å². The summed E-state index contributed by atoms with van der Waals surface area (Å²) in [5, 5.41) is 3.14. The highest BCUT2D eigenvalue weighted by Crippen LogP contribution is 2.06. The number of hydrogen-bond acceptors (Lipinski definition) is 4. The molecule has 0 aliphatic rings. The molecule has 0 unspecified atom stereocenters. The molecule has 0 saturated heterocycles. The van der Waals surface area contributed by atoms with Crippen LogP contribution in [0, 0.1) is 0 Å². The van der Waals surface area contributed by atoms with Crippen molar-refractivity contribution < 1.29 is 0 Å². The second-order valence-corrected chi connectivity index (χ2v) is 3.56. The van der Waals surface area contributed by atoms with Gasteiger partial charge in [-0.05, 0) is 6.92 Å². The molecule has 0 amide bonds. The van der Waals surface area contributed by atoms with Crippen LogP contribution in [0.3, 0.4) is 0 Å². The van der Waals surface area contributed by atoms with Gasteiger partial charge in [0, 0.05) is 38.6 Å². The molecule has 0 aliphatic carbocycles. The van der Waals surface area contributed by atoms with E-state index in [1.165, 1.54) is 0 Å². The molecule has 2 aromatic rings. The topological polar surface area (TPSA) is 55.6 Å². The van der Waals surface area contributed by atoms with Crippen molar-refractivity contribution in [2.45, 2.75) is 13.3 Å². The molecule has 0 atom stereocenters. The third-order valence-corrected chi connectivity index (χ3v) is 2.30. The second-order valence-electron chi connectivity index (χ2n) is 3.56. The summed E-state index contributed by atoms with van der Waals surface area (Å²) in [4.78, 5) is 12.9. The van der Waals surface area contributed by atoms with Gasteiger partial charge < -0.3 is 9.88 Å². The van der Waals surface area contributed by atoms with Gasteiger partial charge in [-0.2, -0.15) is 0 Å². The van der Waals surface area contributed by atoms with E-state index in [0.29, 0.717) is 6.42 Å². The van der Waals surface area contributed by atoms with Gasteiger partial charge in [-0.25, -0.2) is 9.97 Å². The lowest BCUT2D eigenvalue weighted by Crippen LogP contribution is -2.04. The Kier molecular flexibility index (Phi) is 3.14. The Labute approximate surface area is 94.6 Å². The first-order valence-electron chi connectivity index (χ1n) is 5.30. The third-order valence-electron chi connectivity index (χ3n) is 2.30. The Morgan fingerprint density at radius 3 is 2.94 bits per heavy atom. The zero-order valence-corrected chi connectivity index (χ0v) is 9.51. The molecular formula is C11H15N5. The highest BCUT2D eigenvalue weighted by Gasteiger charge is 2.03. The maximum atomic E-state index is 4.45. The molecule has 0 aliphatic heterocycles. The molecule has 5 heteroatoms. The molecule has 5 nitrogen and oxygen atoms in total. The van der Waals surface area contributed by atoms with Crippen LogP contribution < -0.4 is 5.32 Å². The maximum absolute atomic E-state index is 4.45. The van der Waals surface area contributed by atoms with Crippen molar-refractivity contribution in [3.63, 3.8) is 0 Å². The predicted octanol–water partition coefficient (Wildman–Crippen LogP) is 1.23. The average molecular weight is 217 g/mol. The van der Waals surface area contributed by atoms with Crippen molar-refractivity contribution in [1.82, 2.24) is 19.5 Å². The lowest BCUT2D eigenvalue weighted by Gasteiger charge is -2.04. The fourth-order valence-corrected chi connectivity index (χ4v) is 1.49. The van der Waals surface area contributed by atoms with E-state index in [9.17, 15) is 0 Å². The van der Waals surface area contributed by atoms with E-state index in [1.807, 2.05) is 24.7 Å². The fourth-order valence-electron chi connectivity index (χ4n) is 1.49. The van der Waals surface area contributed by atoms with Crippen molar-refractivity contribution in [1.29, 1.82) is 0 Å². The molecule has 2 rings (SSSR count). The molecule has 0 aromatic carbocycles. The fraction of sp³-hybridized carbons (Fsp3) is 0.364. The number of nitrogens with one attached hydrogen (secondary N) is 1. The van der Waals surface area contributed by atoms with E-state index < -0.39 is 0 Å². The largest absolute Gasteiger partial charge is 0.369 e. The molecule has 84 valence electrons. The summed E-state index contributed by atoms with van der Waals surface area (Å²) in [6, 6.07) is 0. The molecule has 0 fully saturated rings. The Bertz CT molecular complexity index is 463. The van der Waals surface area contributed by atoms with E-state index in [2.05, 4.69) is 20.3 Å². The average Bonchev–Trinajstić information content (AvgIpc) is 2.66. The third kappa shape index (κ3) is 2.36.